The van der Waals surface area contributed by atoms with Gasteiger partial charge >= 0.3 is 11.9 Å². The summed E-state index contributed by atoms with van der Waals surface area (Å²) in [6.45, 7) is 0. The lowest BCUT2D eigenvalue weighted by atomic mass is 9.78. The fourth-order valence-electron chi connectivity index (χ4n) is 3.16. The number of carbonyl (C=O) groups is 3. The first-order valence-corrected chi connectivity index (χ1v) is 7.36. The SMILES string of the molecule is COC(=O)c1cccc(CC2(C(=O)OC)CCCC2=O)c1OC. The van der Waals surface area contributed by atoms with Gasteiger partial charge in [-0.15, -0.1) is 0 Å². The van der Waals surface area contributed by atoms with Crippen LogP contribution in [0.4, 0.5) is 0 Å². The van der Waals surface area contributed by atoms with Crippen molar-refractivity contribution in [1.82, 2.24) is 0 Å². The maximum Gasteiger partial charge on any atom is 0.341 e. The van der Waals surface area contributed by atoms with E-state index in [2.05, 4.69) is 0 Å². The third-order valence-electron chi connectivity index (χ3n) is 4.32. The van der Waals surface area contributed by atoms with Crippen LogP contribution >= 0.6 is 0 Å². The van der Waals surface area contributed by atoms with Crippen LogP contribution in [0.1, 0.15) is 35.2 Å². The number of methoxy groups -OCH3 is 3. The van der Waals surface area contributed by atoms with Crippen molar-refractivity contribution < 1.29 is 28.6 Å². The molecule has 0 aliphatic heterocycles. The largest absolute Gasteiger partial charge is 0.496 e. The molecular weight excluding hydrogens is 300 g/mol. The first kappa shape index (κ1) is 17.0. The molecule has 0 aromatic heterocycles. The third-order valence-corrected chi connectivity index (χ3v) is 4.32. The van der Waals surface area contributed by atoms with Crippen LogP contribution in [-0.4, -0.2) is 39.1 Å². The van der Waals surface area contributed by atoms with Crippen LogP contribution in [0.2, 0.25) is 0 Å². The molecule has 6 heteroatoms. The first-order valence-electron chi connectivity index (χ1n) is 7.36. The van der Waals surface area contributed by atoms with Crippen molar-refractivity contribution in [3.8, 4) is 5.75 Å². The summed E-state index contributed by atoms with van der Waals surface area (Å²) in [7, 11) is 4.00. The molecule has 1 aromatic carbocycles. The molecule has 0 bridgehead atoms. The van der Waals surface area contributed by atoms with E-state index in [-0.39, 0.29) is 17.8 Å². The Morgan fingerprint density at radius 1 is 1.17 bits per heavy atom. The summed E-state index contributed by atoms with van der Waals surface area (Å²) in [5.41, 5.74) is -0.328. The van der Waals surface area contributed by atoms with Crippen LogP contribution in [0, 0.1) is 5.41 Å². The van der Waals surface area contributed by atoms with Gasteiger partial charge in [0.05, 0.1) is 21.3 Å². The topological polar surface area (TPSA) is 78.9 Å². The van der Waals surface area contributed by atoms with Crippen molar-refractivity contribution in [3.05, 3.63) is 29.3 Å². The molecule has 0 amide bonds. The Bertz CT molecular complexity index is 636. The summed E-state index contributed by atoms with van der Waals surface area (Å²) in [5, 5.41) is 0. The van der Waals surface area contributed by atoms with E-state index in [1.807, 2.05) is 0 Å². The van der Waals surface area contributed by atoms with E-state index in [1.165, 1.54) is 21.3 Å². The fraction of sp³-hybridized carbons (Fsp3) is 0.471. The average molecular weight is 320 g/mol. The maximum absolute atomic E-state index is 12.3. The van der Waals surface area contributed by atoms with Crippen LogP contribution < -0.4 is 4.74 Å². The molecule has 0 saturated heterocycles. The van der Waals surface area contributed by atoms with E-state index in [4.69, 9.17) is 14.2 Å². The van der Waals surface area contributed by atoms with Gasteiger partial charge in [-0.2, -0.15) is 0 Å². The van der Waals surface area contributed by atoms with Gasteiger partial charge in [0, 0.05) is 6.42 Å². The minimum absolute atomic E-state index is 0.130. The molecule has 23 heavy (non-hydrogen) atoms. The molecule has 124 valence electrons. The Labute approximate surface area is 134 Å². The van der Waals surface area contributed by atoms with Crippen LogP contribution in [0.5, 0.6) is 5.75 Å². The minimum Gasteiger partial charge on any atom is -0.496 e. The second-order valence-electron chi connectivity index (χ2n) is 5.52. The Kier molecular flexibility index (Phi) is 5.03. The number of esters is 2. The van der Waals surface area contributed by atoms with E-state index in [0.717, 1.165) is 0 Å². The van der Waals surface area contributed by atoms with E-state index < -0.39 is 17.4 Å². The van der Waals surface area contributed by atoms with Crippen LogP contribution in [0.25, 0.3) is 0 Å². The first-order chi connectivity index (χ1) is 11.0. The highest BCUT2D eigenvalue weighted by Crippen LogP contribution is 2.41. The molecular formula is C17H20O6. The smallest absolute Gasteiger partial charge is 0.341 e. The fourth-order valence-corrected chi connectivity index (χ4v) is 3.16. The van der Waals surface area contributed by atoms with E-state index >= 15 is 0 Å². The molecule has 2 rings (SSSR count). The summed E-state index contributed by atoms with van der Waals surface area (Å²) in [4.78, 5) is 36.4. The highest BCUT2D eigenvalue weighted by molar-refractivity contribution is 6.05. The Morgan fingerprint density at radius 3 is 2.43 bits per heavy atom. The molecule has 0 N–H and O–H groups in total. The molecule has 6 nitrogen and oxygen atoms in total. The third kappa shape index (κ3) is 2.93. The highest BCUT2D eigenvalue weighted by Gasteiger charge is 2.50. The maximum atomic E-state index is 12.3. The summed E-state index contributed by atoms with van der Waals surface area (Å²) in [6, 6.07) is 4.99. The number of ketones is 1. The summed E-state index contributed by atoms with van der Waals surface area (Å²) in [6.07, 6.45) is 1.58. The quantitative estimate of drug-likeness (QED) is 0.609. The second-order valence-corrected chi connectivity index (χ2v) is 5.52. The van der Waals surface area contributed by atoms with Gasteiger partial charge in [-0.05, 0) is 30.9 Å². The van der Waals surface area contributed by atoms with Crippen molar-refractivity contribution in [1.29, 1.82) is 0 Å². The molecule has 1 saturated carbocycles. The van der Waals surface area contributed by atoms with Gasteiger partial charge in [-0.25, -0.2) is 4.79 Å². The standard InChI is InChI=1S/C17H20O6/c1-21-14-11(6-4-7-12(14)15(19)22-2)10-17(16(20)23-3)9-5-8-13(17)18/h4,6-7H,5,8-10H2,1-3H3. The molecule has 1 unspecified atom stereocenters. The number of hydrogen-bond acceptors (Lipinski definition) is 6. The van der Waals surface area contributed by atoms with Gasteiger partial charge in [0.2, 0.25) is 0 Å². The predicted octanol–water partition coefficient (Wildman–Crippen LogP) is 1.94. The highest BCUT2D eigenvalue weighted by atomic mass is 16.5. The van der Waals surface area contributed by atoms with Crippen LogP contribution in [0.3, 0.4) is 0 Å². The van der Waals surface area contributed by atoms with E-state index in [0.29, 0.717) is 30.6 Å². The molecule has 1 atom stereocenters. The van der Waals surface area contributed by atoms with Gasteiger partial charge in [-0.1, -0.05) is 12.1 Å². The zero-order chi connectivity index (χ0) is 17.0. The van der Waals surface area contributed by atoms with Crippen LogP contribution in [-0.2, 0) is 25.5 Å². The molecule has 1 aromatic rings. The van der Waals surface area contributed by atoms with Crippen molar-refractivity contribution in [2.75, 3.05) is 21.3 Å². The molecule has 0 heterocycles. The normalized spacial score (nSPS) is 20.2. The number of para-hydroxylation sites is 1. The number of carbonyl (C=O) groups excluding carboxylic acids is 3. The average Bonchev–Trinajstić information content (AvgIpc) is 2.94. The monoisotopic (exact) mass is 320 g/mol. The lowest BCUT2D eigenvalue weighted by Gasteiger charge is -2.25. The summed E-state index contributed by atoms with van der Waals surface area (Å²) < 4.78 is 14.9. The minimum atomic E-state index is -1.20. The number of Topliss-reactive ketones (excluding diaryl/α,β-unsaturated/α-hetero) is 1. The van der Waals surface area contributed by atoms with Crippen molar-refractivity contribution in [2.24, 2.45) is 5.41 Å². The number of benzene rings is 1. The zero-order valence-electron chi connectivity index (χ0n) is 13.5. The number of rotatable bonds is 5. The summed E-state index contributed by atoms with van der Waals surface area (Å²) in [5.74, 6) is -0.878. The molecule has 0 radical (unpaired) electrons. The Hall–Kier alpha value is -2.37. The lowest BCUT2D eigenvalue weighted by Crippen LogP contribution is -2.38. The van der Waals surface area contributed by atoms with Crippen molar-refractivity contribution in [2.45, 2.75) is 25.7 Å². The van der Waals surface area contributed by atoms with Gasteiger partial charge in [0.1, 0.15) is 16.7 Å². The van der Waals surface area contributed by atoms with Gasteiger partial charge < -0.3 is 14.2 Å². The predicted molar refractivity (Wildman–Crippen MR) is 81.3 cm³/mol. The van der Waals surface area contributed by atoms with E-state index in [1.54, 1.807) is 18.2 Å². The van der Waals surface area contributed by atoms with Gasteiger partial charge in [0.15, 0.2) is 5.78 Å². The molecule has 0 spiro atoms. The second kappa shape index (κ2) is 6.81. The van der Waals surface area contributed by atoms with Crippen molar-refractivity contribution >= 4 is 17.7 Å². The number of ether oxygens (including phenoxy) is 3. The van der Waals surface area contributed by atoms with E-state index in [9.17, 15) is 14.4 Å². The molecule has 1 fully saturated rings. The van der Waals surface area contributed by atoms with Crippen molar-refractivity contribution in [3.63, 3.8) is 0 Å². The Balaban J connectivity index is 2.47. The Morgan fingerprint density at radius 2 is 1.91 bits per heavy atom. The molecule has 1 aliphatic carbocycles. The molecule has 1 aliphatic rings. The zero-order valence-corrected chi connectivity index (χ0v) is 13.5. The number of hydrogen-bond donors (Lipinski definition) is 0. The van der Waals surface area contributed by atoms with Gasteiger partial charge in [0.25, 0.3) is 0 Å². The lowest BCUT2D eigenvalue weighted by molar-refractivity contribution is -0.156. The summed E-state index contributed by atoms with van der Waals surface area (Å²) >= 11 is 0. The van der Waals surface area contributed by atoms with Gasteiger partial charge in [-0.3, -0.25) is 9.59 Å². The van der Waals surface area contributed by atoms with Crippen LogP contribution in [0.15, 0.2) is 18.2 Å².